The van der Waals surface area contributed by atoms with Gasteiger partial charge in [0.15, 0.2) is 0 Å². The summed E-state index contributed by atoms with van der Waals surface area (Å²) in [5.41, 5.74) is -0.661. The van der Waals surface area contributed by atoms with Crippen molar-refractivity contribution in [1.29, 1.82) is 0 Å². The highest BCUT2D eigenvalue weighted by atomic mass is 79.9. The van der Waals surface area contributed by atoms with Crippen molar-refractivity contribution >= 4 is 28.4 Å². The van der Waals surface area contributed by atoms with Crippen molar-refractivity contribution in [2.24, 2.45) is 0 Å². The lowest BCUT2D eigenvalue weighted by molar-refractivity contribution is 0.414. The van der Waals surface area contributed by atoms with Crippen LogP contribution in [0.15, 0.2) is 22.7 Å². The number of rotatable bonds is 2. The Morgan fingerprint density at radius 2 is 1.85 bits per heavy atom. The molecule has 0 amide bonds. The van der Waals surface area contributed by atoms with Crippen LogP contribution in [0.4, 0.5) is 12.9 Å². The van der Waals surface area contributed by atoms with E-state index >= 15 is 0 Å². The van der Waals surface area contributed by atoms with E-state index in [1.165, 1.54) is 13.2 Å². The summed E-state index contributed by atoms with van der Waals surface area (Å²) in [6.07, 6.45) is 0. The van der Waals surface area contributed by atoms with Crippen LogP contribution < -0.4 is 10.2 Å². The molecule has 0 aliphatic heterocycles. The number of hydrogen-bond acceptors (Lipinski definition) is 1. The fourth-order valence-electron chi connectivity index (χ4n) is 0.891. The average molecular weight is 254 g/mol. The third kappa shape index (κ3) is 2.65. The third-order valence-electron chi connectivity index (χ3n) is 1.51. The molecule has 0 aliphatic rings. The van der Waals surface area contributed by atoms with Gasteiger partial charge in [-0.3, -0.25) is 0 Å². The van der Waals surface area contributed by atoms with Crippen molar-refractivity contribution < 1.29 is 17.7 Å². The molecule has 72 valence electrons. The van der Waals surface area contributed by atoms with Crippen LogP contribution in [0.5, 0.6) is 5.75 Å². The molecule has 0 saturated carbocycles. The Labute approximate surface area is 82.1 Å². The number of hydrogen-bond donors (Lipinski definition) is 0. The van der Waals surface area contributed by atoms with Gasteiger partial charge < -0.3 is 17.7 Å². The average Bonchev–Trinajstić information content (AvgIpc) is 2.01. The number of ether oxygens (including phenoxy) is 1. The zero-order chi connectivity index (χ0) is 10.1. The van der Waals surface area contributed by atoms with E-state index in [0.717, 1.165) is 12.1 Å². The Bertz CT molecular complexity index is 313. The van der Waals surface area contributed by atoms with Gasteiger partial charge >= 0.3 is 6.98 Å². The molecule has 0 atom stereocenters. The summed E-state index contributed by atoms with van der Waals surface area (Å²) in [6.45, 7) is -4.96. The molecule has 6 heteroatoms. The van der Waals surface area contributed by atoms with Gasteiger partial charge in [0.05, 0.1) is 7.11 Å². The predicted molar refractivity (Wildman–Crippen MR) is 49.4 cm³/mol. The minimum absolute atomic E-state index is 0.198. The zero-order valence-electron chi connectivity index (χ0n) is 6.73. The molecule has 0 unspecified atom stereocenters. The topological polar surface area (TPSA) is 9.23 Å². The van der Waals surface area contributed by atoms with Gasteiger partial charge in [0.2, 0.25) is 0 Å². The first-order chi connectivity index (χ1) is 5.93. The summed E-state index contributed by atoms with van der Waals surface area (Å²) < 4.78 is 41.9. The van der Waals surface area contributed by atoms with Crippen LogP contribution in [0.3, 0.4) is 0 Å². The van der Waals surface area contributed by atoms with E-state index in [4.69, 9.17) is 4.74 Å². The predicted octanol–water partition coefficient (Wildman–Crippen LogP) is 2.51. The van der Waals surface area contributed by atoms with Crippen molar-refractivity contribution in [3.63, 3.8) is 0 Å². The molecule has 0 spiro atoms. The van der Waals surface area contributed by atoms with E-state index in [-0.39, 0.29) is 5.75 Å². The van der Waals surface area contributed by atoms with E-state index in [2.05, 4.69) is 15.9 Å². The van der Waals surface area contributed by atoms with E-state index < -0.39 is 12.4 Å². The van der Waals surface area contributed by atoms with Crippen LogP contribution in [0.2, 0.25) is 0 Å². The monoisotopic (exact) mass is 253 g/mol. The summed E-state index contributed by atoms with van der Waals surface area (Å²) in [7, 11) is 1.33. The van der Waals surface area contributed by atoms with Gasteiger partial charge in [-0.05, 0) is 12.1 Å². The lowest BCUT2D eigenvalue weighted by Gasteiger charge is -2.16. The van der Waals surface area contributed by atoms with Crippen LogP contribution in [0.25, 0.3) is 0 Å². The summed E-state index contributed by atoms with van der Waals surface area (Å²) in [6, 6.07) is 3.48. The Morgan fingerprint density at radius 1 is 1.23 bits per heavy atom. The molecule has 0 aromatic heterocycles. The highest BCUT2D eigenvalue weighted by Gasteiger charge is 2.26. The number of benzene rings is 1. The summed E-state index contributed by atoms with van der Waals surface area (Å²) in [5.74, 6) is 0.198. The van der Waals surface area contributed by atoms with Gasteiger partial charge in [0, 0.05) is 4.47 Å². The molecular weight excluding hydrogens is 248 g/mol. The highest BCUT2D eigenvalue weighted by Crippen LogP contribution is 2.20. The molecule has 0 radical (unpaired) electrons. The van der Waals surface area contributed by atoms with E-state index in [1.807, 2.05) is 0 Å². The molecular formula is C7H6BBrF3O-. The number of halogens is 4. The SMILES string of the molecule is COc1cc(Br)cc([B-](F)(F)F)c1. The van der Waals surface area contributed by atoms with Crippen molar-refractivity contribution in [2.75, 3.05) is 7.11 Å². The lowest BCUT2D eigenvalue weighted by atomic mass is 9.80. The number of methoxy groups -OCH3 is 1. The van der Waals surface area contributed by atoms with Gasteiger partial charge in [-0.25, -0.2) is 0 Å². The maximum absolute atomic E-state index is 12.3. The molecule has 0 heterocycles. The second-order valence-corrected chi connectivity index (χ2v) is 3.41. The van der Waals surface area contributed by atoms with Crippen LogP contribution in [0.1, 0.15) is 0 Å². The minimum atomic E-state index is -4.96. The van der Waals surface area contributed by atoms with Gasteiger partial charge in [0.1, 0.15) is 5.75 Å². The first kappa shape index (κ1) is 10.4. The van der Waals surface area contributed by atoms with E-state index in [0.29, 0.717) is 4.47 Å². The van der Waals surface area contributed by atoms with Crippen molar-refractivity contribution in [1.82, 2.24) is 0 Å². The molecule has 1 aromatic carbocycles. The van der Waals surface area contributed by atoms with Crippen molar-refractivity contribution in [3.8, 4) is 5.75 Å². The van der Waals surface area contributed by atoms with Gasteiger partial charge in [0.25, 0.3) is 0 Å². The highest BCUT2D eigenvalue weighted by molar-refractivity contribution is 9.10. The second kappa shape index (κ2) is 3.61. The first-order valence-electron chi connectivity index (χ1n) is 3.48. The quantitative estimate of drug-likeness (QED) is 0.736. The van der Waals surface area contributed by atoms with E-state index in [9.17, 15) is 12.9 Å². The van der Waals surface area contributed by atoms with Crippen LogP contribution in [-0.2, 0) is 0 Å². The summed E-state index contributed by atoms with van der Waals surface area (Å²) in [4.78, 5) is 0. The van der Waals surface area contributed by atoms with Crippen LogP contribution >= 0.6 is 15.9 Å². The van der Waals surface area contributed by atoms with E-state index in [1.54, 1.807) is 0 Å². The normalized spacial score (nSPS) is 11.5. The van der Waals surface area contributed by atoms with Crippen molar-refractivity contribution in [3.05, 3.63) is 22.7 Å². The van der Waals surface area contributed by atoms with Crippen molar-refractivity contribution in [2.45, 2.75) is 0 Å². The van der Waals surface area contributed by atoms with Gasteiger partial charge in [-0.15, -0.1) is 5.46 Å². The Balaban J connectivity index is 3.16. The molecule has 1 aromatic rings. The molecule has 0 fully saturated rings. The first-order valence-corrected chi connectivity index (χ1v) is 4.27. The van der Waals surface area contributed by atoms with Gasteiger partial charge in [-0.2, -0.15) is 0 Å². The zero-order valence-corrected chi connectivity index (χ0v) is 8.32. The third-order valence-corrected chi connectivity index (χ3v) is 1.97. The van der Waals surface area contributed by atoms with Crippen LogP contribution in [0, 0.1) is 0 Å². The van der Waals surface area contributed by atoms with Crippen LogP contribution in [-0.4, -0.2) is 14.1 Å². The fourth-order valence-corrected chi connectivity index (χ4v) is 1.38. The molecule has 1 rings (SSSR count). The summed E-state index contributed by atoms with van der Waals surface area (Å²) >= 11 is 2.98. The minimum Gasteiger partial charge on any atom is -0.497 e. The molecule has 0 aliphatic carbocycles. The van der Waals surface area contributed by atoms with Gasteiger partial charge in [-0.1, -0.05) is 22.0 Å². The molecule has 0 saturated heterocycles. The molecule has 1 nitrogen and oxygen atoms in total. The summed E-state index contributed by atoms with van der Waals surface area (Å²) in [5, 5.41) is 0. The molecule has 13 heavy (non-hydrogen) atoms. The molecule has 0 N–H and O–H groups in total. The smallest absolute Gasteiger partial charge is 0.497 e. The standard InChI is InChI=1S/C7H6BBrF3O/c1-13-7-3-5(8(10,11)12)2-6(9)4-7/h2-4H,1H3/q-1. The maximum atomic E-state index is 12.3. The Morgan fingerprint density at radius 3 is 2.31 bits per heavy atom. The Hall–Kier alpha value is -0.645. The maximum Gasteiger partial charge on any atom is 0.509 e. The fraction of sp³-hybridized carbons (Fsp3) is 0.143. The molecule has 0 bridgehead atoms. The largest absolute Gasteiger partial charge is 0.509 e. The lowest BCUT2D eigenvalue weighted by Crippen LogP contribution is -2.33. The second-order valence-electron chi connectivity index (χ2n) is 2.50. The Kier molecular flexibility index (Phi) is 2.90.